The minimum Gasteiger partial charge on any atom is -0.457 e. The van der Waals surface area contributed by atoms with E-state index >= 15 is 0 Å². The summed E-state index contributed by atoms with van der Waals surface area (Å²) in [5.41, 5.74) is 1.60. The number of unbranched alkanes of at least 4 members (excludes halogenated alkanes) is 4. The van der Waals surface area contributed by atoms with Gasteiger partial charge in [0.15, 0.2) is 6.10 Å². The van der Waals surface area contributed by atoms with Gasteiger partial charge in [0.05, 0.1) is 17.8 Å². The van der Waals surface area contributed by atoms with Crippen molar-refractivity contribution in [2.24, 2.45) is 0 Å². The Balaban J connectivity index is 1.69. The maximum Gasteiger partial charge on any atom is 0.306 e. The Kier molecular flexibility index (Phi) is 8.05. The highest BCUT2D eigenvalue weighted by Gasteiger charge is 2.46. The van der Waals surface area contributed by atoms with E-state index in [2.05, 4.69) is 17.0 Å². The average molecular weight is 440 g/mol. The number of hydrogen-bond donors (Lipinski definition) is 2. The van der Waals surface area contributed by atoms with Crippen LogP contribution in [0.2, 0.25) is 5.15 Å². The maximum absolute atomic E-state index is 12.3. The number of imidazole rings is 1. The molecule has 1 fully saturated rings. The first-order valence-electron chi connectivity index (χ1n) is 10.6. The van der Waals surface area contributed by atoms with E-state index in [1.54, 1.807) is 10.6 Å². The molecule has 0 radical (unpaired) electrons. The van der Waals surface area contributed by atoms with Crippen LogP contribution in [0.4, 0.5) is 0 Å². The number of aliphatic hydroxyl groups is 2. The number of ether oxygens (including phenoxy) is 2. The molecule has 0 spiro atoms. The lowest BCUT2D eigenvalue weighted by Gasteiger charge is -2.20. The fourth-order valence-corrected chi connectivity index (χ4v) is 3.98. The van der Waals surface area contributed by atoms with Crippen LogP contribution in [0.5, 0.6) is 0 Å². The number of carbonyl (C=O) groups excluding carboxylic acids is 1. The van der Waals surface area contributed by atoms with Crippen LogP contribution in [0.3, 0.4) is 0 Å². The molecule has 3 heterocycles. The normalized spacial score (nSPS) is 23.9. The average Bonchev–Trinajstić information content (AvgIpc) is 3.18. The molecule has 2 N–H and O–H groups in total. The Morgan fingerprint density at radius 1 is 1.27 bits per heavy atom. The molecule has 8 nitrogen and oxygen atoms in total. The van der Waals surface area contributed by atoms with Gasteiger partial charge in [0.2, 0.25) is 0 Å². The molecule has 1 saturated heterocycles. The number of aliphatic hydroxyl groups excluding tert-OH is 2. The predicted molar refractivity (Wildman–Crippen MR) is 111 cm³/mol. The van der Waals surface area contributed by atoms with Crippen molar-refractivity contribution in [2.75, 3.05) is 6.61 Å². The topological polar surface area (TPSA) is 106 Å². The van der Waals surface area contributed by atoms with Crippen molar-refractivity contribution in [3.05, 3.63) is 28.8 Å². The van der Waals surface area contributed by atoms with Gasteiger partial charge in [0, 0.05) is 12.8 Å². The van der Waals surface area contributed by atoms with Gasteiger partial charge in [-0.1, -0.05) is 44.2 Å². The fraction of sp³-hybridized carbons (Fsp3) is 0.667. The number of carbonyl (C=O) groups is 1. The Hall–Kier alpha value is -1.74. The summed E-state index contributed by atoms with van der Waals surface area (Å²) in [5.74, 6) is 0.217. The Bertz CT molecular complexity index is 859. The van der Waals surface area contributed by atoms with Crippen LogP contribution in [-0.4, -0.2) is 61.8 Å². The summed E-state index contributed by atoms with van der Waals surface area (Å²) in [6.45, 7) is 3.64. The monoisotopic (exact) mass is 439 g/mol. The summed E-state index contributed by atoms with van der Waals surface area (Å²) < 4.78 is 13.0. The van der Waals surface area contributed by atoms with Crippen LogP contribution >= 0.6 is 11.6 Å². The van der Waals surface area contributed by atoms with Crippen LogP contribution < -0.4 is 0 Å². The number of fused-ring (bicyclic) bond motifs is 1. The second kappa shape index (κ2) is 10.5. The van der Waals surface area contributed by atoms with Gasteiger partial charge in [0.1, 0.15) is 29.3 Å². The quantitative estimate of drug-likeness (QED) is 0.433. The van der Waals surface area contributed by atoms with E-state index in [9.17, 15) is 15.0 Å². The van der Waals surface area contributed by atoms with Crippen molar-refractivity contribution in [2.45, 2.75) is 83.2 Å². The summed E-state index contributed by atoms with van der Waals surface area (Å²) in [6.07, 6.45) is 2.22. The number of halogens is 1. The Morgan fingerprint density at radius 3 is 2.77 bits per heavy atom. The highest BCUT2D eigenvalue weighted by molar-refractivity contribution is 6.29. The van der Waals surface area contributed by atoms with E-state index in [0.717, 1.165) is 43.3 Å². The minimum absolute atomic E-state index is 0.254. The molecule has 0 aliphatic carbocycles. The molecule has 0 aromatic carbocycles. The molecular weight excluding hydrogens is 410 g/mol. The third-order valence-electron chi connectivity index (χ3n) is 5.46. The molecule has 0 amide bonds. The zero-order valence-corrected chi connectivity index (χ0v) is 18.2. The lowest BCUT2D eigenvalue weighted by molar-refractivity contribution is -0.155. The molecule has 0 bridgehead atoms. The standard InChI is InChI=1S/C21H30ClN3O5/c1-3-4-5-6-7-8-19(27)30-21-15(29-16(12-26)20(21)28)11-18-23-13(2)14-9-10-17(22)24-25(14)18/h9-10,15-16,20-21,26,28H,3-8,11-12H2,1-2H3/t15-,16+,20+,21-/m0/s1. The van der Waals surface area contributed by atoms with Crippen molar-refractivity contribution >= 4 is 23.1 Å². The number of hydrogen-bond acceptors (Lipinski definition) is 7. The van der Waals surface area contributed by atoms with Crippen LogP contribution in [-0.2, 0) is 20.7 Å². The molecule has 2 aromatic heterocycles. The maximum atomic E-state index is 12.3. The lowest BCUT2D eigenvalue weighted by Crippen LogP contribution is -2.38. The van der Waals surface area contributed by atoms with E-state index in [-0.39, 0.29) is 19.0 Å². The molecule has 1 aliphatic rings. The van der Waals surface area contributed by atoms with Crippen LogP contribution in [0.1, 0.15) is 57.0 Å². The van der Waals surface area contributed by atoms with Crippen molar-refractivity contribution in [1.29, 1.82) is 0 Å². The first-order chi connectivity index (χ1) is 14.4. The smallest absolute Gasteiger partial charge is 0.306 e. The minimum atomic E-state index is -1.10. The first kappa shape index (κ1) is 22.9. The molecule has 1 aliphatic heterocycles. The second-order valence-corrected chi connectivity index (χ2v) is 8.16. The molecule has 166 valence electrons. The number of aryl methyl sites for hydroxylation is 1. The third-order valence-corrected chi connectivity index (χ3v) is 5.67. The zero-order chi connectivity index (χ0) is 21.7. The molecule has 0 saturated carbocycles. The second-order valence-electron chi connectivity index (χ2n) is 7.78. The van der Waals surface area contributed by atoms with Gasteiger partial charge in [-0.15, -0.1) is 0 Å². The highest BCUT2D eigenvalue weighted by Crippen LogP contribution is 2.28. The van der Waals surface area contributed by atoms with Gasteiger partial charge in [-0.2, -0.15) is 5.10 Å². The van der Waals surface area contributed by atoms with Gasteiger partial charge >= 0.3 is 5.97 Å². The van der Waals surface area contributed by atoms with E-state index in [1.807, 2.05) is 13.0 Å². The summed E-state index contributed by atoms with van der Waals surface area (Å²) >= 11 is 6.03. The van der Waals surface area contributed by atoms with Crippen molar-refractivity contribution in [3.63, 3.8) is 0 Å². The summed E-state index contributed by atoms with van der Waals surface area (Å²) in [6, 6.07) is 3.52. The zero-order valence-electron chi connectivity index (χ0n) is 17.5. The molecule has 2 aromatic rings. The van der Waals surface area contributed by atoms with E-state index < -0.39 is 24.4 Å². The van der Waals surface area contributed by atoms with Crippen molar-refractivity contribution < 1.29 is 24.5 Å². The number of esters is 1. The van der Waals surface area contributed by atoms with Gasteiger partial charge in [-0.05, 0) is 25.5 Å². The van der Waals surface area contributed by atoms with E-state index in [1.165, 1.54) is 0 Å². The summed E-state index contributed by atoms with van der Waals surface area (Å²) in [7, 11) is 0. The third kappa shape index (κ3) is 5.29. The number of nitrogens with zero attached hydrogens (tertiary/aromatic N) is 3. The molecule has 9 heteroatoms. The van der Waals surface area contributed by atoms with Crippen LogP contribution in [0, 0.1) is 6.92 Å². The van der Waals surface area contributed by atoms with E-state index in [0.29, 0.717) is 17.4 Å². The van der Waals surface area contributed by atoms with Gasteiger partial charge in [-0.25, -0.2) is 9.50 Å². The molecular formula is C21H30ClN3O5. The Morgan fingerprint density at radius 2 is 2.03 bits per heavy atom. The van der Waals surface area contributed by atoms with Gasteiger partial charge in [0.25, 0.3) is 0 Å². The summed E-state index contributed by atoms with van der Waals surface area (Å²) in [4.78, 5) is 16.9. The molecule has 4 atom stereocenters. The van der Waals surface area contributed by atoms with Gasteiger partial charge < -0.3 is 19.7 Å². The van der Waals surface area contributed by atoms with Crippen LogP contribution in [0.25, 0.3) is 5.52 Å². The summed E-state index contributed by atoms with van der Waals surface area (Å²) in [5, 5.41) is 24.7. The van der Waals surface area contributed by atoms with E-state index in [4.69, 9.17) is 21.1 Å². The molecule has 0 unspecified atom stereocenters. The van der Waals surface area contributed by atoms with Gasteiger partial charge in [-0.3, -0.25) is 4.79 Å². The lowest BCUT2D eigenvalue weighted by atomic mass is 10.0. The fourth-order valence-electron chi connectivity index (χ4n) is 3.84. The first-order valence-corrected chi connectivity index (χ1v) is 11.0. The highest BCUT2D eigenvalue weighted by atomic mass is 35.5. The van der Waals surface area contributed by atoms with Crippen molar-refractivity contribution in [1.82, 2.24) is 14.6 Å². The Labute approximate surface area is 181 Å². The van der Waals surface area contributed by atoms with Crippen LogP contribution in [0.15, 0.2) is 12.1 Å². The number of rotatable bonds is 10. The van der Waals surface area contributed by atoms with Crippen molar-refractivity contribution in [3.8, 4) is 0 Å². The predicted octanol–water partition coefficient (Wildman–Crippen LogP) is 2.63. The largest absolute Gasteiger partial charge is 0.457 e. The molecule has 3 rings (SSSR count). The molecule has 30 heavy (non-hydrogen) atoms. The SMILES string of the molecule is CCCCCCCC(=O)O[C@@H]1[C@H](O)[C@@H](CO)O[C@H]1Cc1nc(C)c2ccc(Cl)nn12. The number of aromatic nitrogens is 3.